The van der Waals surface area contributed by atoms with Crippen LogP contribution in [-0.4, -0.2) is 20.7 Å². The predicted octanol–water partition coefficient (Wildman–Crippen LogP) is 7.26. The molecule has 0 spiro atoms. The maximum absolute atomic E-state index is 6.22. The molecule has 0 amide bonds. The molecule has 3 aromatic carbocycles. The zero-order chi connectivity index (χ0) is 33.0. The molecule has 0 atom stereocenters. The van der Waals surface area contributed by atoms with Gasteiger partial charge in [0.2, 0.25) is 5.71 Å². The number of nitrogens with two attached hydrogens (primary N) is 2. The zero-order valence-electron chi connectivity index (χ0n) is 26.7. The van der Waals surface area contributed by atoms with E-state index in [0.29, 0.717) is 0 Å². The minimum absolute atomic E-state index is 0.782. The van der Waals surface area contributed by atoms with E-state index in [1.165, 1.54) is 0 Å². The van der Waals surface area contributed by atoms with E-state index in [2.05, 4.69) is 125 Å². The summed E-state index contributed by atoms with van der Waals surface area (Å²) in [4.78, 5) is 13.5. The number of hydrogen-bond donors (Lipinski definition) is 2. The van der Waals surface area contributed by atoms with Gasteiger partial charge in [0.25, 0.3) is 0 Å². The fourth-order valence-electron chi connectivity index (χ4n) is 6.21. The summed E-state index contributed by atoms with van der Waals surface area (Å²) in [6.07, 6.45) is 21.7. The van der Waals surface area contributed by atoms with Crippen LogP contribution in [0.2, 0.25) is 0 Å². The highest BCUT2D eigenvalue weighted by molar-refractivity contribution is 6.08. The van der Waals surface area contributed by atoms with E-state index in [0.717, 1.165) is 84.0 Å². The van der Waals surface area contributed by atoms with Crippen molar-refractivity contribution in [2.75, 3.05) is 0 Å². The summed E-state index contributed by atoms with van der Waals surface area (Å²) < 4.78 is 0. The molecule has 6 aromatic rings. The van der Waals surface area contributed by atoms with Crippen LogP contribution in [0.1, 0.15) is 5.56 Å². The van der Waals surface area contributed by atoms with Gasteiger partial charge in [-0.2, -0.15) is 0 Å². The maximum Gasteiger partial charge on any atom is 0.210 e. The Morgan fingerprint density at radius 1 is 0.429 bits per heavy atom. The largest absolute Gasteiger partial charge is 0.286 e. The Bertz CT molecular complexity index is 2210. The summed E-state index contributed by atoms with van der Waals surface area (Å²) in [5.41, 5.74) is 16.0. The summed E-state index contributed by atoms with van der Waals surface area (Å²) in [6, 6.07) is 38.4. The summed E-state index contributed by atoms with van der Waals surface area (Å²) in [5.74, 6) is 0. The Hall–Kier alpha value is -6.56. The molecule has 5 nitrogen and oxygen atoms in total. The van der Waals surface area contributed by atoms with Crippen LogP contribution in [0.5, 0.6) is 0 Å². The van der Waals surface area contributed by atoms with Crippen LogP contribution in [0.15, 0.2) is 188 Å². The predicted molar refractivity (Wildman–Crippen MR) is 198 cm³/mol. The highest BCUT2D eigenvalue weighted by atomic mass is 14.9. The maximum atomic E-state index is 6.22. The van der Waals surface area contributed by atoms with Gasteiger partial charge in [0.15, 0.2) is 0 Å². The van der Waals surface area contributed by atoms with Crippen molar-refractivity contribution in [3.63, 3.8) is 0 Å². The quantitative estimate of drug-likeness (QED) is 0.203. The molecule has 0 fully saturated rings. The Morgan fingerprint density at radius 3 is 1.37 bits per heavy atom. The molecule has 232 valence electrons. The van der Waals surface area contributed by atoms with E-state index < -0.39 is 0 Å². The smallest absolute Gasteiger partial charge is 0.210 e. The fourth-order valence-corrected chi connectivity index (χ4v) is 6.21. The Balaban J connectivity index is 1.12. The first-order valence-corrected chi connectivity index (χ1v) is 16.3. The van der Waals surface area contributed by atoms with Crippen LogP contribution < -0.4 is 10.7 Å². The molecule has 49 heavy (non-hydrogen) atoms. The van der Waals surface area contributed by atoms with Crippen molar-refractivity contribution in [2.45, 2.75) is 0 Å². The van der Waals surface area contributed by atoms with Crippen molar-refractivity contribution in [2.24, 2.45) is 0 Å². The lowest BCUT2D eigenvalue weighted by atomic mass is 9.96. The molecule has 0 saturated heterocycles. The number of hydrogen-bond acceptors (Lipinski definition) is 3. The van der Waals surface area contributed by atoms with E-state index in [4.69, 9.17) is 10.4 Å². The number of pyridine rings is 3. The highest BCUT2D eigenvalue weighted by Crippen LogP contribution is 2.33. The molecule has 2 aliphatic rings. The van der Waals surface area contributed by atoms with Gasteiger partial charge >= 0.3 is 0 Å². The van der Waals surface area contributed by atoms with Gasteiger partial charge in [-0.05, 0) is 87.5 Å². The molecule has 3 aromatic heterocycles. The first-order chi connectivity index (χ1) is 24.2. The summed E-state index contributed by atoms with van der Waals surface area (Å²) in [5, 5.41) is 8.36. The van der Waals surface area contributed by atoms with Crippen molar-refractivity contribution in [3.05, 3.63) is 193 Å². The van der Waals surface area contributed by atoms with Gasteiger partial charge in [-0.25, -0.2) is 4.98 Å². The Labute approximate surface area is 285 Å². The molecular formula is C44H33N5+2. The highest BCUT2D eigenvalue weighted by Gasteiger charge is 2.18. The number of nitrogens with zero attached hydrogens (tertiary/aromatic N) is 3. The number of quaternary nitrogens is 1. The third-order valence-corrected chi connectivity index (χ3v) is 8.92. The molecule has 0 saturated carbocycles. The monoisotopic (exact) mass is 631 g/mol. The summed E-state index contributed by atoms with van der Waals surface area (Å²) in [7, 11) is 0. The molecule has 5 heteroatoms. The third kappa shape index (κ3) is 6.39. The lowest BCUT2D eigenvalue weighted by Gasteiger charge is -2.13. The number of benzene rings is 3. The van der Waals surface area contributed by atoms with Crippen LogP contribution in [-0.2, 0) is 0 Å². The first-order valence-electron chi connectivity index (χ1n) is 16.3. The average molecular weight is 632 g/mol. The summed E-state index contributed by atoms with van der Waals surface area (Å²) >= 11 is 0. The van der Waals surface area contributed by atoms with E-state index in [-0.39, 0.29) is 0 Å². The van der Waals surface area contributed by atoms with Crippen LogP contribution in [0, 0.1) is 0 Å². The van der Waals surface area contributed by atoms with Gasteiger partial charge < -0.3 is 0 Å². The van der Waals surface area contributed by atoms with Crippen LogP contribution in [0.25, 0.3) is 61.5 Å². The fraction of sp³-hybridized carbons (Fsp3) is 0. The van der Waals surface area contributed by atoms with Crippen molar-refractivity contribution in [1.29, 1.82) is 0 Å². The Morgan fingerprint density at radius 2 is 0.878 bits per heavy atom. The molecule has 4 heterocycles. The van der Waals surface area contributed by atoms with Crippen molar-refractivity contribution < 1.29 is 10.7 Å². The number of allylic oxidation sites excluding steroid dienone is 8. The summed E-state index contributed by atoms with van der Waals surface area (Å²) in [6.45, 7) is 0. The Kier molecular flexibility index (Phi) is 8.08. The van der Waals surface area contributed by atoms with Gasteiger partial charge in [-0.15, -0.1) is 0 Å². The molecule has 8 rings (SSSR count). The van der Waals surface area contributed by atoms with Gasteiger partial charge in [0.05, 0.1) is 11.4 Å². The third-order valence-electron chi connectivity index (χ3n) is 8.92. The van der Waals surface area contributed by atoms with Crippen molar-refractivity contribution >= 4 is 11.3 Å². The lowest BCUT2D eigenvalue weighted by molar-refractivity contribution is -0.530. The molecule has 1 aliphatic carbocycles. The van der Waals surface area contributed by atoms with Gasteiger partial charge in [0, 0.05) is 53.6 Å². The van der Waals surface area contributed by atoms with Crippen molar-refractivity contribution in [3.8, 4) is 55.9 Å². The second-order valence-electron chi connectivity index (χ2n) is 12.0. The number of rotatable bonds is 6. The van der Waals surface area contributed by atoms with Crippen LogP contribution in [0.4, 0.5) is 0 Å². The number of aromatic nitrogens is 3. The molecule has 4 N–H and O–H groups in total. The topological polar surface area (TPSA) is 80.9 Å². The standard InChI is InChI=1S/C44H31N5/c45-41-4-2-1-3-40(41)42-18-17-38(29-48-42)32-5-7-33(8-6-32)39-27-43(36-13-9-30(10-14-36)34-19-23-46-24-20-34)49-44(28-39)37-15-11-31(12-16-37)35-21-25-47-26-22-35/h1-29,45,48H/p+2. The molecular weight excluding hydrogens is 599 g/mol. The lowest BCUT2D eigenvalue weighted by Crippen LogP contribution is -2.77. The van der Waals surface area contributed by atoms with Crippen LogP contribution >= 0.6 is 0 Å². The minimum Gasteiger partial charge on any atom is -0.286 e. The molecule has 0 bridgehead atoms. The average Bonchev–Trinajstić information content (AvgIpc) is 3.19. The van der Waals surface area contributed by atoms with E-state index in [1.54, 1.807) is 0 Å². The van der Waals surface area contributed by atoms with E-state index >= 15 is 0 Å². The van der Waals surface area contributed by atoms with Gasteiger partial charge in [-0.3, -0.25) is 20.7 Å². The van der Waals surface area contributed by atoms with Crippen molar-refractivity contribution in [1.82, 2.24) is 15.0 Å². The van der Waals surface area contributed by atoms with Gasteiger partial charge in [0.1, 0.15) is 17.5 Å². The molecule has 0 unspecified atom stereocenters. The minimum atomic E-state index is 0.782. The van der Waals surface area contributed by atoms with E-state index in [1.807, 2.05) is 67.3 Å². The van der Waals surface area contributed by atoms with E-state index in [9.17, 15) is 0 Å². The normalized spacial score (nSPS) is 15.3. The van der Waals surface area contributed by atoms with Crippen LogP contribution in [0.3, 0.4) is 0 Å². The molecule has 1 aliphatic heterocycles. The zero-order valence-corrected chi connectivity index (χ0v) is 26.7. The SMILES string of the molecule is [NH2+]=C1C=CC=CC1=C1C=CC(c2ccc(-c3cc(-c4ccc(-c5ccncc5)cc4)nc(-c4ccc(-c5ccncc5)cc4)c3)cc2)=C[NH2+]1. The second-order valence-corrected chi connectivity index (χ2v) is 12.0. The molecule has 0 radical (unpaired) electrons. The second kappa shape index (κ2) is 13.3. The first kappa shape index (κ1) is 29.8. The van der Waals surface area contributed by atoms with Gasteiger partial charge in [-0.1, -0.05) is 84.9 Å².